The summed E-state index contributed by atoms with van der Waals surface area (Å²) >= 11 is 0. The van der Waals surface area contributed by atoms with Gasteiger partial charge in [0, 0.05) is 17.7 Å². The van der Waals surface area contributed by atoms with Gasteiger partial charge < -0.3 is 10.1 Å². The first kappa shape index (κ1) is 17.6. The maximum absolute atomic E-state index is 12.9. The minimum absolute atomic E-state index is 0.0952. The number of fused-ring (bicyclic) bond motifs is 1. The standard InChI is InChI=1S/C22H25N3O2/c1-15-8-13-19-23-20(16-9-11-18(27-2)12-10-16)21(25(19)14-15)24-22(26)17-6-4-3-5-7-17/h8-14,17H,3-7H2,1-2H3,(H,24,26). The second kappa shape index (κ2) is 7.43. The molecule has 1 N–H and O–H groups in total. The fraction of sp³-hybridized carbons (Fsp3) is 0.364. The van der Waals surface area contributed by atoms with E-state index < -0.39 is 0 Å². The molecule has 0 unspecified atom stereocenters. The summed E-state index contributed by atoms with van der Waals surface area (Å²) in [6, 6.07) is 11.8. The van der Waals surface area contributed by atoms with E-state index in [-0.39, 0.29) is 11.8 Å². The normalized spacial score (nSPS) is 15.0. The zero-order valence-corrected chi connectivity index (χ0v) is 15.9. The third kappa shape index (κ3) is 3.54. The van der Waals surface area contributed by atoms with Crippen molar-refractivity contribution in [2.75, 3.05) is 12.4 Å². The first-order chi connectivity index (χ1) is 13.2. The first-order valence-corrected chi connectivity index (χ1v) is 9.60. The molecule has 2 aromatic heterocycles. The van der Waals surface area contributed by atoms with Crippen molar-refractivity contribution < 1.29 is 9.53 Å². The number of carbonyl (C=O) groups is 1. The van der Waals surface area contributed by atoms with Crippen LogP contribution in [0.1, 0.15) is 37.7 Å². The molecule has 1 saturated carbocycles. The van der Waals surface area contributed by atoms with E-state index in [9.17, 15) is 4.79 Å². The Balaban J connectivity index is 1.75. The lowest BCUT2D eigenvalue weighted by molar-refractivity contribution is -0.120. The van der Waals surface area contributed by atoms with Crippen molar-refractivity contribution in [1.82, 2.24) is 9.38 Å². The molecule has 5 heteroatoms. The lowest BCUT2D eigenvalue weighted by atomic mass is 9.88. The zero-order chi connectivity index (χ0) is 18.8. The molecule has 4 rings (SSSR count). The third-order valence-corrected chi connectivity index (χ3v) is 5.35. The molecule has 1 amide bonds. The van der Waals surface area contributed by atoms with Crippen LogP contribution in [0.3, 0.4) is 0 Å². The highest BCUT2D eigenvalue weighted by atomic mass is 16.5. The molecule has 1 aliphatic carbocycles. The van der Waals surface area contributed by atoms with E-state index in [1.807, 2.05) is 53.9 Å². The number of imidazole rings is 1. The Kier molecular flexibility index (Phi) is 4.84. The van der Waals surface area contributed by atoms with Crippen molar-refractivity contribution in [2.24, 2.45) is 5.92 Å². The Morgan fingerprint density at radius 1 is 1.11 bits per heavy atom. The van der Waals surface area contributed by atoms with Crippen molar-refractivity contribution in [3.8, 4) is 17.0 Å². The Morgan fingerprint density at radius 2 is 1.85 bits per heavy atom. The van der Waals surface area contributed by atoms with Crippen molar-refractivity contribution in [2.45, 2.75) is 39.0 Å². The molecule has 140 valence electrons. The molecule has 5 nitrogen and oxygen atoms in total. The highest BCUT2D eigenvalue weighted by molar-refractivity contribution is 5.96. The summed E-state index contributed by atoms with van der Waals surface area (Å²) in [5, 5.41) is 3.19. The lowest BCUT2D eigenvalue weighted by Crippen LogP contribution is -2.25. The van der Waals surface area contributed by atoms with Gasteiger partial charge in [-0.2, -0.15) is 0 Å². The number of hydrogen-bond acceptors (Lipinski definition) is 3. The Labute approximate surface area is 159 Å². The smallest absolute Gasteiger partial charge is 0.228 e. The van der Waals surface area contributed by atoms with Gasteiger partial charge in [-0.1, -0.05) is 25.3 Å². The molecule has 2 heterocycles. The van der Waals surface area contributed by atoms with E-state index in [4.69, 9.17) is 9.72 Å². The van der Waals surface area contributed by atoms with Gasteiger partial charge in [-0.15, -0.1) is 0 Å². The molecule has 0 spiro atoms. The predicted octanol–water partition coefficient (Wildman–Crippen LogP) is 4.84. The molecule has 0 aliphatic heterocycles. The second-order valence-corrected chi connectivity index (χ2v) is 7.30. The topological polar surface area (TPSA) is 55.6 Å². The first-order valence-electron chi connectivity index (χ1n) is 9.60. The van der Waals surface area contributed by atoms with Crippen LogP contribution < -0.4 is 10.1 Å². The van der Waals surface area contributed by atoms with Gasteiger partial charge in [0.05, 0.1) is 7.11 Å². The van der Waals surface area contributed by atoms with E-state index in [1.165, 1.54) is 6.42 Å². The lowest BCUT2D eigenvalue weighted by Gasteiger charge is -2.21. The summed E-state index contributed by atoms with van der Waals surface area (Å²) in [4.78, 5) is 17.7. The number of amides is 1. The van der Waals surface area contributed by atoms with E-state index in [0.717, 1.165) is 59.7 Å². The molecule has 1 fully saturated rings. The number of nitrogens with one attached hydrogen (secondary N) is 1. The molecule has 0 radical (unpaired) electrons. The van der Waals surface area contributed by atoms with Crippen molar-refractivity contribution in [1.29, 1.82) is 0 Å². The summed E-state index contributed by atoms with van der Waals surface area (Å²) in [6.45, 7) is 2.04. The number of methoxy groups -OCH3 is 1. The van der Waals surface area contributed by atoms with Gasteiger partial charge in [0.15, 0.2) is 0 Å². The summed E-state index contributed by atoms with van der Waals surface area (Å²) in [7, 11) is 1.65. The zero-order valence-electron chi connectivity index (χ0n) is 15.9. The number of ether oxygens (including phenoxy) is 1. The van der Waals surface area contributed by atoms with Crippen LogP contribution in [0, 0.1) is 12.8 Å². The molecule has 0 atom stereocenters. The third-order valence-electron chi connectivity index (χ3n) is 5.35. The number of hydrogen-bond donors (Lipinski definition) is 1. The average Bonchev–Trinajstić information content (AvgIpc) is 3.06. The maximum Gasteiger partial charge on any atom is 0.228 e. The largest absolute Gasteiger partial charge is 0.497 e. The van der Waals surface area contributed by atoms with Crippen molar-refractivity contribution in [3.05, 3.63) is 48.2 Å². The van der Waals surface area contributed by atoms with Gasteiger partial charge in [0.2, 0.25) is 5.91 Å². The van der Waals surface area contributed by atoms with Crippen LogP contribution >= 0.6 is 0 Å². The van der Waals surface area contributed by atoms with Gasteiger partial charge in [-0.3, -0.25) is 9.20 Å². The number of rotatable bonds is 4. The van der Waals surface area contributed by atoms with Gasteiger partial charge in [-0.25, -0.2) is 4.98 Å². The molecule has 3 aromatic rings. The van der Waals surface area contributed by atoms with Crippen LogP contribution in [-0.2, 0) is 4.79 Å². The van der Waals surface area contributed by atoms with Crippen LogP contribution in [0.4, 0.5) is 5.82 Å². The number of pyridine rings is 1. The van der Waals surface area contributed by atoms with Gasteiger partial charge in [0.1, 0.15) is 22.9 Å². The second-order valence-electron chi connectivity index (χ2n) is 7.30. The summed E-state index contributed by atoms with van der Waals surface area (Å²) in [5.41, 5.74) is 3.68. The Hall–Kier alpha value is -2.82. The van der Waals surface area contributed by atoms with E-state index in [1.54, 1.807) is 7.11 Å². The van der Waals surface area contributed by atoms with Gasteiger partial charge in [-0.05, 0) is 55.7 Å². The van der Waals surface area contributed by atoms with Crippen LogP contribution in [0.2, 0.25) is 0 Å². The van der Waals surface area contributed by atoms with E-state index >= 15 is 0 Å². The molecule has 1 aromatic carbocycles. The van der Waals surface area contributed by atoms with Gasteiger partial charge in [0.25, 0.3) is 0 Å². The molecule has 0 bridgehead atoms. The molecule has 1 aliphatic rings. The SMILES string of the molecule is COc1ccc(-c2nc3ccc(C)cn3c2NC(=O)C2CCCCC2)cc1. The summed E-state index contributed by atoms with van der Waals surface area (Å²) < 4.78 is 7.24. The van der Waals surface area contributed by atoms with E-state index in [2.05, 4.69) is 5.32 Å². The fourth-order valence-corrected chi connectivity index (χ4v) is 3.80. The fourth-order valence-electron chi connectivity index (χ4n) is 3.80. The summed E-state index contributed by atoms with van der Waals surface area (Å²) in [5.74, 6) is 1.74. The maximum atomic E-state index is 12.9. The molecule has 0 saturated heterocycles. The number of anilines is 1. The minimum atomic E-state index is 0.0952. The van der Waals surface area contributed by atoms with Crippen LogP contribution in [0.5, 0.6) is 5.75 Å². The van der Waals surface area contributed by atoms with Crippen molar-refractivity contribution >= 4 is 17.4 Å². The number of benzene rings is 1. The Bertz CT molecular complexity index is 954. The van der Waals surface area contributed by atoms with E-state index in [0.29, 0.717) is 0 Å². The number of nitrogens with zero attached hydrogens (tertiary/aromatic N) is 2. The van der Waals surface area contributed by atoms with Crippen molar-refractivity contribution in [3.63, 3.8) is 0 Å². The Morgan fingerprint density at radius 3 is 2.56 bits per heavy atom. The van der Waals surface area contributed by atoms with Crippen LogP contribution in [0.15, 0.2) is 42.6 Å². The number of aromatic nitrogens is 2. The van der Waals surface area contributed by atoms with Crippen LogP contribution in [-0.4, -0.2) is 22.4 Å². The minimum Gasteiger partial charge on any atom is -0.497 e. The average molecular weight is 363 g/mol. The number of aryl methyl sites for hydroxylation is 1. The monoisotopic (exact) mass is 363 g/mol. The molecular formula is C22H25N3O2. The predicted molar refractivity (Wildman–Crippen MR) is 107 cm³/mol. The summed E-state index contributed by atoms with van der Waals surface area (Å²) in [6.07, 6.45) is 7.46. The molecular weight excluding hydrogens is 338 g/mol. The highest BCUT2D eigenvalue weighted by Crippen LogP contribution is 2.32. The molecule has 27 heavy (non-hydrogen) atoms. The highest BCUT2D eigenvalue weighted by Gasteiger charge is 2.24. The van der Waals surface area contributed by atoms with Gasteiger partial charge >= 0.3 is 0 Å². The quantitative estimate of drug-likeness (QED) is 0.722. The number of carbonyl (C=O) groups excluding carboxylic acids is 1. The van der Waals surface area contributed by atoms with Crippen LogP contribution in [0.25, 0.3) is 16.9 Å².